The molecule has 31 heavy (non-hydrogen) atoms. The van der Waals surface area contributed by atoms with E-state index in [1.54, 1.807) is 19.1 Å². The van der Waals surface area contributed by atoms with E-state index in [2.05, 4.69) is 0 Å². The van der Waals surface area contributed by atoms with Crippen molar-refractivity contribution in [1.82, 2.24) is 0 Å². The summed E-state index contributed by atoms with van der Waals surface area (Å²) in [5.74, 6) is -0.0805. The van der Waals surface area contributed by atoms with E-state index in [0.29, 0.717) is 36.4 Å². The second-order valence-electron chi connectivity index (χ2n) is 8.03. The van der Waals surface area contributed by atoms with Crippen LogP contribution in [0.3, 0.4) is 0 Å². The lowest BCUT2D eigenvalue weighted by molar-refractivity contribution is -0.143. The summed E-state index contributed by atoms with van der Waals surface area (Å²) in [6, 6.07) is 10.7. The molecule has 2 aromatic rings. The number of amides is 1. The number of halogens is 1. The molecule has 1 amide bonds. The van der Waals surface area contributed by atoms with Crippen molar-refractivity contribution in [1.29, 1.82) is 0 Å². The molecule has 0 saturated heterocycles. The monoisotopic (exact) mass is 427 g/mol. The second-order valence-corrected chi connectivity index (χ2v) is 8.03. The Morgan fingerprint density at radius 1 is 1.19 bits per heavy atom. The number of anilines is 1. The van der Waals surface area contributed by atoms with Crippen molar-refractivity contribution in [3.05, 3.63) is 58.9 Å². The minimum absolute atomic E-state index is 0.0778. The molecule has 1 aliphatic heterocycles. The van der Waals surface area contributed by atoms with Crippen LogP contribution in [0.2, 0.25) is 0 Å². The van der Waals surface area contributed by atoms with Crippen molar-refractivity contribution in [2.45, 2.75) is 53.1 Å². The lowest BCUT2D eigenvalue weighted by Crippen LogP contribution is -2.38. The minimum atomic E-state index is -0.364. The van der Waals surface area contributed by atoms with Gasteiger partial charge in [0.05, 0.1) is 12.3 Å². The highest BCUT2D eigenvalue weighted by molar-refractivity contribution is 5.97. The van der Waals surface area contributed by atoms with Gasteiger partial charge in [-0.25, -0.2) is 4.39 Å². The van der Waals surface area contributed by atoms with Crippen LogP contribution in [0.15, 0.2) is 36.4 Å². The van der Waals surface area contributed by atoms with Gasteiger partial charge in [0, 0.05) is 18.9 Å². The van der Waals surface area contributed by atoms with E-state index >= 15 is 0 Å². The van der Waals surface area contributed by atoms with Gasteiger partial charge in [0.25, 0.3) is 0 Å². The van der Waals surface area contributed by atoms with Crippen LogP contribution in [0.5, 0.6) is 5.75 Å². The molecule has 0 saturated carbocycles. The number of para-hydroxylation sites is 1. The minimum Gasteiger partial charge on any atom is -0.487 e. The fourth-order valence-corrected chi connectivity index (χ4v) is 3.78. The number of benzene rings is 2. The summed E-state index contributed by atoms with van der Waals surface area (Å²) in [6.07, 6.45) is 2.27. The van der Waals surface area contributed by atoms with Crippen molar-refractivity contribution in [2.24, 2.45) is 5.92 Å². The van der Waals surface area contributed by atoms with Gasteiger partial charge in [0.2, 0.25) is 5.91 Å². The maximum Gasteiger partial charge on any atom is 0.306 e. The van der Waals surface area contributed by atoms with E-state index in [-0.39, 0.29) is 36.6 Å². The molecule has 0 spiro atoms. The van der Waals surface area contributed by atoms with Crippen LogP contribution in [0.25, 0.3) is 0 Å². The Bertz CT molecular complexity index is 941. The number of carbonyl (C=O) groups excluding carboxylic acids is 2. The van der Waals surface area contributed by atoms with Crippen LogP contribution in [0, 0.1) is 11.7 Å². The zero-order chi connectivity index (χ0) is 22.4. The number of rotatable bonds is 8. The molecule has 0 aliphatic carbocycles. The lowest BCUT2D eigenvalue weighted by Gasteiger charge is -2.32. The van der Waals surface area contributed by atoms with Gasteiger partial charge in [-0.05, 0) is 55.0 Å². The smallest absolute Gasteiger partial charge is 0.306 e. The van der Waals surface area contributed by atoms with E-state index < -0.39 is 0 Å². The van der Waals surface area contributed by atoms with Gasteiger partial charge in [-0.3, -0.25) is 9.59 Å². The van der Waals surface area contributed by atoms with E-state index in [1.807, 2.05) is 36.9 Å². The Labute approximate surface area is 183 Å². The largest absolute Gasteiger partial charge is 0.487 e. The molecule has 3 rings (SSSR count). The zero-order valence-corrected chi connectivity index (χ0v) is 18.4. The number of ether oxygens (including phenoxy) is 2. The van der Waals surface area contributed by atoms with Crippen LogP contribution in [-0.2, 0) is 33.8 Å². The molecule has 0 aromatic heterocycles. The highest BCUT2D eigenvalue weighted by Crippen LogP contribution is 2.37. The standard InChI is InChI=1S/C25H30FNO4/c1-4-30-23(28)13-12-19-11-10-18(15-21(19)26)16-31-22-9-5-7-20-8-6-14-27(24(20)22)25(29)17(2)3/h5,7,9-11,15,17H,4,6,8,12-14,16H2,1-3H3. The average Bonchev–Trinajstić information content (AvgIpc) is 2.76. The molecule has 0 radical (unpaired) electrons. The van der Waals surface area contributed by atoms with Gasteiger partial charge in [-0.15, -0.1) is 0 Å². The molecule has 2 aromatic carbocycles. The quantitative estimate of drug-likeness (QED) is 0.566. The fourth-order valence-electron chi connectivity index (χ4n) is 3.78. The maximum absolute atomic E-state index is 14.5. The molecule has 5 nitrogen and oxygen atoms in total. The Morgan fingerprint density at radius 2 is 2.00 bits per heavy atom. The lowest BCUT2D eigenvalue weighted by atomic mass is 9.99. The molecule has 166 valence electrons. The maximum atomic E-state index is 14.5. The van der Waals surface area contributed by atoms with Crippen LogP contribution in [0.4, 0.5) is 10.1 Å². The average molecular weight is 428 g/mol. The molecule has 1 heterocycles. The first-order valence-electron chi connectivity index (χ1n) is 10.9. The van der Waals surface area contributed by atoms with Crippen LogP contribution < -0.4 is 9.64 Å². The van der Waals surface area contributed by atoms with E-state index in [1.165, 1.54) is 6.07 Å². The summed E-state index contributed by atoms with van der Waals surface area (Å²) in [4.78, 5) is 26.0. The highest BCUT2D eigenvalue weighted by Gasteiger charge is 2.27. The van der Waals surface area contributed by atoms with Crippen molar-refractivity contribution in [2.75, 3.05) is 18.1 Å². The summed E-state index contributed by atoms with van der Waals surface area (Å²) >= 11 is 0. The Balaban J connectivity index is 1.71. The molecule has 6 heteroatoms. The third kappa shape index (κ3) is 5.63. The Hall–Kier alpha value is -2.89. The molecule has 0 unspecified atom stereocenters. The number of hydrogen-bond donors (Lipinski definition) is 0. The van der Waals surface area contributed by atoms with Crippen LogP contribution in [-0.4, -0.2) is 25.0 Å². The fraction of sp³-hybridized carbons (Fsp3) is 0.440. The van der Waals surface area contributed by atoms with Crippen LogP contribution >= 0.6 is 0 Å². The summed E-state index contributed by atoms with van der Waals surface area (Å²) < 4.78 is 25.4. The van der Waals surface area contributed by atoms with Gasteiger partial charge < -0.3 is 14.4 Å². The molecule has 0 N–H and O–H groups in total. The summed E-state index contributed by atoms with van der Waals surface area (Å²) in [6.45, 7) is 6.72. The van der Waals surface area contributed by atoms with Gasteiger partial charge in [-0.2, -0.15) is 0 Å². The number of nitrogens with zero attached hydrogens (tertiary/aromatic N) is 1. The molecule has 1 aliphatic rings. The Morgan fingerprint density at radius 3 is 2.71 bits per heavy atom. The summed E-state index contributed by atoms with van der Waals surface area (Å²) in [5, 5.41) is 0. The van der Waals surface area contributed by atoms with Crippen molar-refractivity contribution in [3.8, 4) is 5.75 Å². The van der Waals surface area contributed by atoms with Gasteiger partial charge >= 0.3 is 5.97 Å². The first-order chi connectivity index (χ1) is 14.9. The van der Waals surface area contributed by atoms with E-state index in [4.69, 9.17) is 9.47 Å². The molecule has 0 atom stereocenters. The summed E-state index contributed by atoms with van der Waals surface area (Å²) in [5.41, 5.74) is 3.09. The van der Waals surface area contributed by atoms with Gasteiger partial charge in [-0.1, -0.05) is 38.1 Å². The number of hydrogen-bond acceptors (Lipinski definition) is 4. The molecule has 0 bridgehead atoms. The normalized spacial score (nSPS) is 13.1. The van der Waals surface area contributed by atoms with Gasteiger partial charge in [0.1, 0.15) is 18.2 Å². The van der Waals surface area contributed by atoms with Crippen molar-refractivity contribution in [3.63, 3.8) is 0 Å². The Kier molecular flexibility index (Phi) is 7.66. The molecule has 0 fully saturated rings. The second kappa shape index (κ2) is 10.4. The zero-order valence-electron chi connectivity index (χ0n) is 18.4. The number of esters is 1. The number of aryl methyl sites for hydroxylation is 2. The number of carbonyl (C=O) groups is 2. The predicted octanol–water partition coefficient (Wildman–Crippen LogP) is 4.84. The van der Waals surface area contributed by atoms with E-state index in [9.17, 15) is 14.0 Å². The van der Waals surface area contributed by atoms with Crippen molar-refractivity contribution < 1.29 is 23.5 Å². The topological polar surface area (TPSA) is 55.8 Å². The van der Waals surface area contributed by atoms with Crippen LogP contribution in [0.1, 0.15) is 50.3 Å². The third-order valence-electron chi connectivity index (χ3n) is 5.36. The van der Waals surface area contributed by atoms with Gasteiger partial charge in [0.15, 0.2) is 0 Å². The third-order valence-corrected chi connectivity index (χ3v) is 5.36. The molecular formula is C25H30FNO4. The first-order valence-corrected chi connectivity index (χ1v) is 10.9. The highest BCUT2D eigenvalue weighted by atomic mass is 19.1. The SMILES string of the molecule is CCOC(=O)CCc1ccc(COc2cccc3c2N(C(=O)C(C)C)CCC3)cc1F. The predicted molar refractivity (Wildman–Crippen MR) is 118 cm³/mol. The first kappa shape index (κ1) is 22.8. The van der Waals surface area contributed by atoms with Crippen molar-refractivity contribution >= 4 is 17.6 Å². The molecular weight excluding hydrogens is 397 g/mol. The summed E-state index contributed by atoms with van der Waals surface area (Å²) in [7, 11) is 0. The van der Waals surface area contributed by atoms with E-state index in [0.717, 1.165) is 24.1 Å². The number of fused-ring (bicyclic) bond motifs is 1.